The summed E-state index contributed by atoms with van der Waals surface area (Å²) in [6, 6.07) is 5.28. The molecule has 3 aromatic rings. The first-order chi connectivity index (χ1) is 13.2. The minimum atomic E-state index is -0.434. The Balaban J connectivity index is 1.72. The number of aryl methyl sites for hydroxylation is 3. The molecule has 8 nitrogen and oxygen atoms in total. The van der Waals surface area contributed by atoms with Gasteiger partial charge in [0.15, 0.2) is 16.3 Å². The van der Waals surface area contributed by atoms with Crippen LogP contribution in [-0.2, 0) is 25.9 Å². The van der Waals surface area contributed by atoms with E-state index in [-0.39, 0.29) is 17.8 Å². The number of nitrogens with one attached hydrogen (secondary N) is 1. The highest BCUT2D eigenvalue weighted by Gasteiger charge is 2.17. The van der Waals surface area contributed by atoms with Gasteiger partial charge in [-0.05, 0) is 30.7 Å². The maximum Gasteiger partial charge on any atom is 0.332 e. The van der Waals surface area contributed by atoms with Crippen molar-refractivity contribution in [1.29, 1.82) is 0 Å². The lowest BCUT2D eigenvalue weighted by Gasteiger charge is -2.09. The number of hydrogen-bond donors (Lipinski definition) is 1. The zero-order valence-electron chi connectivity index (χ0n) is 15.9. The normalized spacial score (nSPS) is 11.2. The van der Waals surface area contributed by atoms with Crippen molar-refractivity contribution < 1.29 is 4.79 Å². The SMILES string of the molecule is Cc1cc(Cl)ccc1NC(=O)CCSc1nc2c(=O)n(C)c(=O)n(C)c2n1C. The van der Waals surface area contributed by atoms with E-state index < -0.39 is 11.2 Å². The Labute approximate surface area is 170 Å². The molecule has 2 heterocycles. The number of carbonyl (C=O) groups is 1. The maximum atomic E-state index is 12.3. The highest BCUT2D eigenvalue weighted by atomic mass is 35.5. The number of rotatable bonds is 5. The molecule has 0 atom stereocenters. The first-order valence-corrected chi connectivity index (χ1v) is 9.88. The van der Waals surface area contributed by atoms with Gasteiger partial charge in [0.25, 0.3) is 5.56 Å². The smallest absolute Gasteiger partial charge is 0.326 e. The first-order valence-electron chi connectivity index (χ1n) is 8.52. The van der Waals surface area contributed by atoms with E-state index in [4.69, 9.17) is 11.6 Å². The minimum Gasteiger partial charge on any atom is -0.326 e. The van der Waals surface area contributed by atoms with E-state index in [0.717, 1.165) is 15.8 Å². The van der Waals surface area contributed by atoms with Crippen LogP contribution in [-0.4, -0.2) is 30.3 Å². The zero-order valence-corrected chi connectivity index (χ0v) is 17.5. The van der Waals surface area contributed by atoms with Crippen molar-refractivity contribution in [3.8, 4) is 0 Å². The molecule has 0 spiro atoms. The second kappa shape index (κ2) is 7.84. The van der Waals surface area contributed by atoms with Gasteiger partial charge in [-0.3, -0.25) is 18.7 Å². The van der Waals surface area contributed by atoms with E-state index >= 15 is 0 Å². The lowest BCUT2D eigenvalue weighted by atomic mass is 10.2. The molecule has 0 saturated heterocycles. The molecule has 0 saturated carbocycles. The number of aromatic nitrogens is 4. The quantitative estimate of drug-likeness (QED) is 0.637. The maximum absolute atomic E-state index is 12.3. The lowest BCUT2D eigenvalue weighted by Crippen LogP contribution is -2.37. The van der Waals surface area contributed by atoms with Crippen LogP contribution in [0.2, 0.25) is 5.02 Å². The van der Waals surface area contributed by atoms with Gasteiger partial charge in [-0.2, -0.15) is 0 Å². The molecule has 2 aromatic heterocycles. The summed E-state index contributed by atoms with van der Waals surface area (Å²) in [5.74, 6) is 0.351. The summed E-state index contributed by atoms with van der Waals surface area (Å²) in [6.45, 7) is 1.88. The predicted molar refractivity (Wildman–Crippen MR) is 111 cm³/mol. The molecule has 148 valence electrons. The van der Waals surface area contributed by atoms with Gasteiger partial charge in [0, 0.05) is 44.0 Å². The zero-order chi connectivity index (χ0) is 20.6. The monoisotopic (exact) mass is 421 g/mol. The fraction of sp³-hybridized carbons (Fsp3) is 0.333. The van der Waals surface area contributed by atoms with Crippen molar-refractivity contribution in [1.82, 2.24) is 18.7 Å². The number of anilines is 1. The molecule has 28 heavy (non-hydrogen) atoms. The number of hydrogen-bond acceptors (Lipinski definition) is 5. The molecule has 10 heteroatoms. The Hall–Kier alpha value is -2.52. The topological polar surface area (TPSA) is 90.9 Å². The number of halogens is 1. The Morgan fingerprint density at radius 1 is 1.18 bits per heavy atom. The third kappa shape index (κ3) is 3.72. The summed E-state index contributed by atoms with van der Waals surface area (Å²) in [6.07, 6.45) is 0.271. The molecular weight excluding hydrogens is 402 g/mol. The lowest BCUT2D eigenvalue weighted by molar-refractivity contribution is -0.115. The average molecular weight is 422 g/mol. The van der Waals surface area contributed by atoms with Gasteiger partial charge in [-0.1, -0.05) is 23.4 Å². The van der Waals surface area contributed by atoms with Crippen LogP contribution in [0.15, 0.2) is 32.9 Å². The third-order valence-electron chi connectivity index (χ3n) is 4.45. The minimum absolute atomic E-state index is 0.125. The van der Waals surface area contributed by atoms with Gasteiger partial charge >= 0.3 is 5.69 Å². The van der Waals surface area contributed by atoms with E-state index in [1.54, 1.807) is 36.9 Å². The van der Waals surface area contributed by atoms with E-state index in [2.05, 4.69) is 10.3 Å². The van der Waals surface area contributed by atoms with E-state index in [1.807, 2.05) is 6.92 Å². The van der Waals surface area contributed by atoms with E-state index in [9.17, 15) is 14.4 Å². The molecule has 0 bridgehead atoms. The molecule has 0 fully saturated rings. The molecule has 1 amide bonds. The predicted octanol–water partition coefficient (Wildman–Crippen LogP) is 2.05. The van der Waals surface area contributed by atoms with Crippen molar-refractivity contribution in [2.24, 2.45) is 21.1 Å². The van der Waals surface area contributed by atoms with E-state index in [0.29, 0.717) is 21.6 Å². The van der Waals surface area contributed by atoms with Crippen LogP contribution >= 0.6 is 23.4 Å². The summed E-state index contributed by atoms with van der Waals surface area (Å²) < 4.78 is 4.12. The molecule has 1 N–H and O–H groups in total. The van der Waals surface area contributed by atoms with Crippen LogP contribution in [0.5, 0.6) is 0 Å². The van der Waals surface area contributed by atoms with Gasteiger partial charge in [-0.25, -0.2) is 9.78 Å². The number of nitrogens with zero attached hydrogens (tertiary/aromatic N) is 4. The van der Waals surface area contributed by atoms with Crippen LogP contribution in [0.25, 0.3) is 11.2 Å². The standard InChI is InChI=1S/C18H20ClN5O3S/c1-10-9-11(19)5-6-12(10)20-13(25)7-8-28-17-21-14-15(22(17)2)23(3)18(27)24(4)16(14)26/h5-6,9H,7-8H2,1-4H3,(H,20,25). The van der Waals surface area contributed by atoms with Gasteiger partial charge < -0.3 is 9.88 Å². The second-order valence-electron chi connectivity index (χ2n) is 6.44. The number of fused-ring (bicyclic) bond motifs is 1. The average Bonchev–Trinajstić information content (AvgIpc) is 2.97. The van der Waals surface area contributed by atoms with Gasteiger partial charge in [-0.15, -0.1) is 0 Å². The van der Waals surface area contributed by atoms with Crippen molar-refractivity contribution in [3.63, 3.8) is 0 Å². The molecule has 0 unspecified atom stereocenters. The number of amides is 1. The largest absolute Gasteiger partial charge is 0.332 e. The van der Waals surface area contributed by atoms with Crippen LogP contribution in [0, 0.1) is 6.92 Å². The van der Waals surface area contributed by atoms with Crippen LogP contribution in [0.4, 0.5) is 5.69 Å². The van der Waals surface area contributed by atoms with Crippen molar-refractivity contribution in [2.75, 3.05) is 11.1 Å². The molecular formula is C18H20ClN5O3S. The Morgan fingerprint density at radius 2 is 1.89 bits per heavy atom. The summed E-state index contributed by atoms with van der Waals surface area (Å²) in [4.78, 5) is 41.0. The molecule has 0 radical (unpaired) electrons. The van der Waals surface area contributed by atoms with Gasteiger partial charge in [0.05, 0.1) is 0 Å². The van der Waals surface area contributed by atoms with Gasteiger partial charge in [0.1, 0.15) is 0 Å². The third-order valence-corrected chi connectivity index (χ3v) is 5.71. The number of thioether (sulfide) groups is 1. The Morgan fingerprint density at radius 3 is 2.57 bits per heavy atom. The molecule has 0 aliphatic rings. The molecule has 3 rings (SSSR count). The first kappa shape index (κ1) is 20.2. The Bertz CT molecular complexity index is 1190. The van der Waals surface area contributed by atoms with Gasteiger partial charge in [0.2, 0.25) is 5.91 Å². The highest BCUT2D eigenvalue weighted by molar-refractivity contribution is 7.99. The molecule has 0 aliphatic heterocycles. The van der Waals surface area contributed by atoms with E-state index in [1.165, 1.54) is 23.4 Å². The number of imidazole rings is 1. The number of benzene rings is 1. The summed E-state index contributed by atoms with van der Waals surface area (Å²) in [5.41, 5.74) is 1.46. The summed E-state index contributed by atoms with van der Waals surface area (Å²) in [7, 11) is 4.77. The van der Waals surface area contributed by atoms with Crippen LogP contribution in [0.1, 0.15) is 12.0 Å². The van der Waals surface area contributed by atoms with Crippen molar-refractivity contribution in [3.05, 3.63) is 49.6 Å². The highest BCUT2D eigenvalue weighted by Crippen LogP contribution is 2.22. The summed E-state index contributed by atoms with van der Waals surface area (Å²) >= 11 is 7.28. The number of carbonyl (C=O) groups excluding carboxylic acids is 1. The van der Waals surface area contributed by atoms with Crippen molar-refractivity contribution >= 4 is 46.1 Å². The summed E-state index contributed by atoms with van der Waals surface area (Å²) in [5, 5.41) is 4.05. The fourth-order valence-corrected chi connectivity index (χ4v) is 4.04. The van der Waals surface area contributed by atoms with Crippen molar-refractivity contribution in [2.45, 2.75) is 18.5 Å². The van der Waals surface area contributed by atoms with Crippen LogP contribution in [0.3, 0.4) is 0 Å². The second-order valence-corrected chi connectivity index (χ2v) is 7.94. The Kier molecular flexibility index (Phi) is 5.66. The fourth-order valence-electron chi connectivity index (χ4n) is 2.90. The molecule has 0 aliphatic carbocycles. The molecule has 1 aromatic carbocycles. The van der Waals surface area contributed by atoms with Crippen LogP contribution < -0.4 is 16.6 Å².